The second-order valence-corrected chi connectivity index (χ2v) is 6.31. The summed E-state index contributed by atoms with van der Waals surface area (Å²) in [4.78, 5) is 4.44. The van der Waals surface area contributed by atoms with E-state index in [0.717, 1.165) is 5.56 Å². The molecule has 0 aliphatic rings. The quantitative estimate of drug-likeness (QED) is 0.596. The Balaban J connectivity index is 1.96. The van der Waals surface area contributed by atoms with Gasteiger partial charge in [0.05, 0.1) is 29.5 Å². The molecule has 0 radical (unpaired) electrons. The van der Waals surface area contributed by atoms with Gasteiger partial charge in [-0.05, 0) is 48.9 Å². The fourth-order valence-corrected chi connectivity index (χ4v) is 3.07. The molecule has 0 saturated carbocycles. The number of methoxy groups -OCH3 is 1. The lowest BCUT2D eigenvalue weighted by Crippen LogP contribution is -1.95. The third-order valence-electron chi connectivity index (χ3n) is 3.81. The molecule has 0 fully saturated rings. The van der Waals surface area contributed by atoms with Crippen LogP contribution in [-0.4, -0.2) is 23.8 Å². The van der Waals surface area contributed by atoms with Gasteiger partial charge in [0.15, 0.2) is 17.2 Å². The van der Waals surface area contributed by atoms with Gasteiger partial charge in [0.2, 0.25) is 0 Å². The van der Waals surface area contributed by atoms with Gasteiger partial charge in [0.1, 0.15) is 5.52 Å². The molecule has 2 aromatic carbocycles. The second kappa shape index (κ2) is 7.85. The summed E-state index contributed by atoms with van der Waals surface area (Å²) in [6.07, 6.45) is 3.74. The van der Waals surface area contributed by atoms with E-state index in [1.54, 1.807) is 13.2 Å². The average molecular weight is 390 g/mol. The molecule has 1 N–H and O–H groups in total. The Morgan fingerprint density at radius 2 is 1.85 bits per heavy atom. The molecule has 0 aliphatic carbocycles. The van der Waals surface area contributed by atoms with Crippen LogP contribution in [-0.2, 0) is 0 Å². The lowest BCUT2D eigenvalue weighted by molar-refractivity contribution is 0.311. The lowest BCUT2D eigenvalue weighted by Gasteiger charge is -2.09. The minimum absolute atomic E-state index is 0.0793. The standard InChI is InChI=1S/C20H17Cl2NO3/c1-3-26-18-10-12(5-9-17(18)25-2)4-6-13-7-8-14-15(21)11-16(22)20(24)19(14)23-13/h4-11,24H,3H2,1-2H3/b6-4+. The summed E-state index contributed by atoms with van der Waals surface area (Å²) in [5.41, 5.74) is 1.97. The first-order valence-corrected chi connectivity index (χ1v) is 8.75. The Labute approximate surface area is 161 Å². The molecule has 0 saturated heterocycles. The van der Waals surface area contributed by atoms with Gasteiger partial charge in [0, 0.05) is 5.39 Å². The van der Waals surface area contributed by atoms with E-state index >= 15 is 0 Å². The van der Waals surface area contributed by atoms with E-state index in [0.29, 0.717) is 39.7 Å². The predicted octanol–water partition coefficient (Wildman–Crippen LogP) is 5.82. The van der Waals surface area contributed by atoms with E-state index in [-0.39, 0.29) is 10.8 Å². The molecule has 1 heterocycles. The van der Waals surface area contributed by atoms with Crippen LogP contribution in [0.1, 0.15) is 18.2 Å². The summed E-state index contributed by atoms with van der Waals surface area (Å²) in [6, 6.07) is 10.8. The Bertz CT molecular complexity index is 986. The van der Waals surface area contributed by atoms with Gasteiger partial charge in [-0.15, -0.1) is 0 Å². The monoisotopic (exact) mass is 389 g/mol. The van der Waals surface area contributed by atoms with Crippen LogP contribution in [0.15, 0.2) is 36.4 Å². The topological polar surface area (TPSA) is 51.6 Å². The summed E-state index contributed by atoms with van der Waals surface area (Å²) >= 11 is 12.1. The maximum atomic E-state index is 10.1. The normalized spacial score (nSPS) is 11.2. The van der Waals surface area contributed by atoms with Crippen molar-refractivity contribution in [2.24, 2.45) is 0 Å². The third-order valence-corrected chi connectivity index (χ3v) is 4.41. The minimum Gasteiger partial charge on any atom is -0.504 e. The van der Waals surface area contributed by atoms with Gasteiger partial charge in [-0.1, -0.05) is 35.3 Å². The number of phenolic OH excluding ortho intramolecular Hbond substituents is 1. The summed E-state index contributed by atoms with van der Waals surface area (Å²) < 4.78 is 10.9. The van der Waals surface area contributed by atoms with Crippen LogP contribution in [0.2, 0.25) is 10.0 Å². The first kappa shape index (κ1) is 18.4. The minimum atomic E-state index is -0.0793. The van der Waals surface area contributed by atoms with E-state index in [2.05, 4.69) is 4.98 Å². The molecule has 0 atom stereocenters. The van der Waals surface area contributed by atoms with Crippen LogP contribution < -0.4 is 9.47 Å². The SMILES string of the molecule is CCOc1cc(/C=C/c2ccc3c(Cl)cc(Cl)c(O)c3n2)ccc1OC. The summed E-state index contributed by atoms with van der Waals surface area (Å²) in [5.74, 6) is 1.28. The zero-order valence-corrected chi connectivity index (χ0v) is 15.8. The number of aromatic nitrogens is 1. The van der Waals surface area contributed by atoms with Crippen molar-refractivity contribution in [3.05, 3.63) is 57.7 Å². The molecule has 0 spiro atoms. The van der Waals surface area contributed by atoms with Crippen LogP contribution in [0.3, 0.4) is 0 Å². The molecule has 26 heavy (non-hydrogen) atoms. The molecule has 134 valence electrons. The van der Waals surface area contributed by atoms with Gasteiger partial charge < -0.3 is 14.6 Å². The van der Waals surface area contributed by atoms with Crippen molar-refractivity contribution in [1.29, 1.82) is 0 Å². The molecule has 0 aliphatic heterocycles. The Hall–Kier alpha value is -2.43. The number of pyridine rings is 1. The Morgan fingerprint density at radius 1 is 1.04 bits per heavy atom. The summed E-state index contributed by atoms with van der Waals surface area (Å²) in [7, 11) is 1.61. The predicted molar refractivity (Wildman–Crippen MR) is 107 cm³/mol. The smallest absolute Gasteiger partial charge is 0.161 e. The number of ether oxygens (including phenoxy) is 2. The molecule has 6 heteroatoms. The Kier molecular flexibility index (Phi) is 5.55. The first-order chi connectivity index (χ1) is 12.5. The van der Waals surface area contributed by atoms with Gasteiger partial charge in [-0.25, -0.2) is 4.98 Å². The highest BCUT2D eigenvalue weighted by Crippen LogP contribution is 2.36. The van der Waals surface area contributed by atoms with Crippen molar-refractivity contribution in [1.82, 2.24) is 4.98 Å². The summed E-state index contributed by atoms with van der Waals surface area (Å²) in [6.45, 7) is 2.47. The van der Waals surface area contributed by atoms with Crippen molar-refractivity contribution >= 4 is 46.3 Å². The van der Waals surface area contributed by atoms with Crippen molar-refractivity contribution in [2.75, 3.05) is 13.7 Å². The molecule has 4 nitrogen and oxygen atoms in total. The van der Waals surface area contributed by atoms with E-state index in [1.165, 1.54) is 6.07 Å². The van der Waals surface area contributed by atoms with Crippen LogP contribution in [0.25, 0.3) is 23.1 Å². The average Bonchev–Trinajstić information content (AvgIpc) is 2.65. The number of hydrogen-bond acceptors (Lipinski definition) is 4. The number of fused-ring (bicyclic) bond motifs is 1. The van der Waals surface area contributed by atoms with Crippen molar-refractivity contribution in [3.8, 4) is 17.2 Å². The van der Waals surface area contributed by atoms with Crippen LogP contribution >= 0.6 is 23.2 Å². The van der Waals surface area contributed by atoms with Crippen molar-refractivity contribution in [2.45, 2.75) is 6.92 Å². The third kappa shape index (κ3) is 3.71. The fraction of sp³-hybridized carbons (Fsp3) is 0.150. The molecule has 0 amide bonds. The van der Waals surface area contributed by atoms with E-state index in [1.807, 2.05) is 43.3 Å². The largest absolute Gasteiger partial charge is 0.504 e. The highest BCUT2D eigenvalue weighted by atomic mass is 35.5. The van der Waals surface area contributed by atoms with Crippen LogP contribution in [0, 0.1) is 0 Å². The first-order valence-electron chi connectivity index (χ1n) is 8.00. The molecular weight excluding hydrogens is 373 g/mol. The highest BCUT2D eigenvalue weighted by molar-refractivity contribution is 6.39. The van der Waals surface area contributed by atoms with Crippen LogP contribution in [0.4, 0.5) is 0 Å². The van der Waals surface area contributed by atoms with Crippen molar-refractivity contribution < 1.29 is 14.6 Å². The number of phenols is 1. The lowest BCUT2D eigenvalue weighted by atomic mass is 10.1. The van der Waals surface area contributed by atoms with E-state index in [9.17, 15) is 5.11 Å². The van der Waals surface area contributed by atoms with E-state index in [4.69, 9.17) is 32.7 Å². The second-order valence-electron chi connectivity index (χ2n) is 5.50. The van der Waals surface area contributed by atoms with Crippen LogP contribution in [0.5, 0.6) is 17.2 Å². The zero-order valence-electron chi connectivity index (χ0n) is 14.3. The van der Waals surface area contributed by atoms with Gasteiger partial charge in [-0.2, -0.15) is 0 Å². The van der Waals surface area contributed by atoms with Gasteiger partial charge in [-0.3, -0.25) is 0 Å². The number of nitrogens with zero attached hydrogens (tertiary/aromatic N) is 1. The highest BCUT2D eigenvalue weighted by Gasteiger charge is 2.10. The zero-order chi connectivity index (χ0) is 18.7. The maximum Gasteiger partial charge on any atom is 0.161 e. The molecule has 3 aromatic rings. The molecular formula is C20H17Cl2NO3. The van der Waals surface area contributed by atoms with E-state index < -0.39 is 0 Å². The number of hydrogen-bond donors (Lipinski definition) is 1. The molecule has 3 rings (SSSR count). The number of halogens is 2. The molecule has 0 bridgehead atoms. The Morgan fingerprint density at radius 3 is 2.58 bits per heavy atom. The maximum absolute atomic E-state index is 10.1. The van der Waals surface area contributed by atoms with Gasteiger partial charge >= 0.3 is 0 Å². The number of rotatable bonds is 5. The summed E-state index contributed by atoms with van der Waals surface area (Å²) in [5, 5.41) is 11.4. The van der Waals surface area contributed by atoms with Gasteiger partial charge in [0.25, 0.3) is 0 Å². The molecule has 1 aromatic heterocycles. The number of benzene rings is 2. The molecule has 0 unspecified atom stereocenters. The fourth-order valence-electron chi connectivity index (χ4n) is 2.56. The van der Waals surface area contributed by atoms with Crippen molar-refractivity contribution in [3.63, 3.8) is 0 Å². The number of aromatic hydroxyl groups is 1.